The molecule has 0 aliphatic carbocycles. The molecule has 2 rings (SSSR count). The zero-order valence-electron chi connectivity index (χ0n) is 10.1. The zero-order valence-corrected chi connectivity index (χ0v) is 11.7. The molecule has 0 fully saturated rings. The lowest BCUT2D eigenvalue weighted by molar-refractivity contribution is 0.555. The van der Waals surface area contributed by atoms with Crippen LogP contribution in [0.1, 0.15) is 23.9 Å². The third-order valence-corrected chi connectivity index (χ3v) is 3.45. The summed E-state index contributed by atoms with van der Waals surface area (Å²) in [4.78, 5) is 4.23. The van der Waals surface area contributed by atoms with Gasteiger partial charge in [0.25, 0.3) is 0 Å². The van der Waals surface area contributed by atoms with Crippen molar-refractivity contribution in [3.8, 4) is 0 Å². The van der Waals surface area contributed by atoms with Gasteiger partial charge in [-0.1, -0.05) is 15.9 Å². The summed E-state index contributed by atoms with van der Waals surface area (Å²) < 4.78 is 16.4. The first-order valence-electron chi connectivity index (χ1n) is 5.74. The first-order valence-corrected chi connectivity index (χ1v) is 6.54. The molecule has 2 N–H and O–H groups in total. The predicted molar refractivity (Wildman–Crippen MR) is 72.6 cm³/mol. The molecule has 3 nitrogen and oxygen atoms in total. The van der Waals surface area contributed by atoms with E-state index in [4.69, 9.17) is 5.73 Å². The lowest BCUT2D eigenvalue weighted by atomic mass is 10.0. The van der Waals surface area contributed by atoms with E-state index >= 15 is 0 Å². The molecule has 1 aromatic heterocycles. The van der Waals surface area contributed by atoms with Gasteiger partial charge in [-0.2, -0.15) is 0 Å². The SMILES string of the molecule is Cn1ccnc1CCC(N)c1cc(Br)ccc1F. The fourth-order valence-electron chi connectivity index (χ4n) is 1.88. The van der Waals surface area contributed by atoms with Gasteiger partial charge in [0, 0.05) is 41.9 Å². The van der Waals surface area contributed by atoms with Crippen molar-refractivity contribution in [2.45, 2.75) is 18.9 Å². The summed E-state index contributed by atoms with van der Waals surface area (Å²) in [5.74, 6) is 0.700. The highest BCUT2D eigenvalue weighted by molar-refractivity contribution is 9.10. The molecule has 0 aliphatic heterocycles. The lowest BCUT2D eigenvalue weighted by Crippen LogP contribution is -2.14. The van der Waals surface area contributed by atoms with E-state index in [0.29, 0.717) is 12.0 Å². The van der Waals surface area contributed by atoms with Gasteiger partial charge in [-0.3, -0.25) is 0 Å². The van der Waals surface area contributed by atoms with Crippen LogP contribution in [0.5, 0.6) is 0 Å². The minimum atomic E-state index is -0.320. The number of rotatable bonds is 4. The van der Waals surface area contributed by atoms with Crippen LogP contribution in [0.4, 0.5) is 4.39 Å². The number of hydrogen-bond acceptors (Lipinski definition) is 2. The van der Waals surface area contributed by atoms with Crippen molar-refractivity contribution in [1.29, 1.82) is 0 Å². The number of aryl methyl sites for hydroxylation is 2. The van der Waals surface area contributed by atoms with Crippen molar-refractivity contribution in [1.82, 2.24) is 9.55 Å². The van der Waals surface area contributed by atoms with E-state index in [-0.39, 0.29) is 11.9 Å². The molecule has 0 saturated carbocycles. The van der Waals surface area contributed by atoms with Crippen molar-refractivity contribution in [2.24, 2.45) is 12.8 Å². The van der Waals surface area contributed by atoms with E-state index in [1.807, 2.05) is 17.8 Å². The quantitative estimate of drug-likeness (QED) is 0.943. The zero-order chi connectivity index (χ0) is 13.1. The van der Waals surface area contributed by atoms with Crippen LogP contribution in [-0.4, -0.2) is 9.55 Å². The van der Waals surface area contributed by atoms with Crippen LogP contribution < -0.4 is 5.73 Å². The Morgan fingerprint density at radius 2 is 2.28 bits per heavy atom. The topological polar surface area (TPSA) is 43.8 Å². The number of nitrogens with two attached hydrogens (primary N) is 1. The van der Waals surface area contributed by atoms with Crippen molar-refractivity contribution in [3.63, 3.8) is 0 Å². The highest BCUT2D eigenvalue weighted by atomic mass is 79.9. The first kappa shape index (κ1) is 13.2. The Labute approximate surface area is 114 Å². The largest absolute Gasteiger partial charge is 0.338 e. The maximum atomic E-state index is 13.6. The first-order chi connectivity index (χ1) is 8.58. The third kappa shape index (κ3) is 2.97. The van der Waals surface area contributed by atoms with E-state index in [0.717, 1.165) is 16.7 Å². The van der Waals surface area contributed by atoms with Gasteiger partial charge < -0.3 is 10.3 Å². The second kappa shape index (κ2) is 5.63. The van der Waals surface area contributed by atoms with E-state index < -0.39 is 0 Å². The average Bonchev–Trinajstić information content (AvgIpc) is 2.75. The summed E-state index contributed by atoms with van der Waals surface area (Å²) in [6.07, 6.45) is 5.04. The Hall–Kier alpha value is -1.20. The average molecular weight is 312 g/mol. The second-order valence-corrected chi connectivity index (χ2v) is 5.18. The van der Waals surface area contributed by atoms with E-state index in [9.17, 15) is 4.39 Å². The Bertz CT molecular complexity index is 539. The molecular formula is C13H15BrFN3. The van der Waals surface area contributed by atoms with Gasteiger partial charge in [0.1, 0.15) is 11.6 Å². The van der Waals surface area contributed by atoms with Crippen LogP contribution in [0.2, 0.25) is 0 Å². The molecule has 0 spiro atoms. The number of aromatic nitrogens is 2. The number of nitrogens with zero attached hydrogens (tertiary/aromatic N) is 2. The van der Waals surface area contributed by atoms with Crippen molar-refractivity contribution in [3.05, 3.63) is 52.3 Å². The van der Waals surface area contributed by atoms with Gasteiger partial charge in [0.05, 0.1) is 0 Å². The summed E-state index contributed by atoms with van der Waals surface area (Å²) in [5, 5.41) is 0. The van der Waals surface area contributed by atoms with Crippen molar-refractivity contribution in [2.75, 3.05) is 0 Å². The Morgan fingerprint density at radius 1 is 1.50 bits per heavy atom. The van der Waals surface area contributed by atoms with E-state index in [2.05, 4.69) is 20.9 Å². The fraction of sp³-hybridized carbons (Fsp3) is 0.308. The summed E-state index contributed by atoms with van der Waals surface area (Å²) in [6, 6.07) is 4.52. The van der Waals surface area contributed by atoms with Crippen LogP contribution in [0.15, 0.2) is 35.1 Å². The molecule has 1 heterocycles. The molecule has 18 heavy (non-hydrogen) atoms. The molecule has 2 aromatic rings. The van der Waals surface area contributed by atoms with E-state index in [1.165, 1.54) is 6.07 Å². The molecule has 1 aromatic carbocycles. The van der Waals surface area contributed by atoms with Crippen LogP contribution in [0, 0.1) is 5.82 Å². The second-order valence-electron chi connectivity index (χ2n) is 4.27. The highest BCUT2D eigenvalue weighted by Crippen LogP contribution is 2.23. The fourth-order valence-corrected chi connectivity index (χ4v) is 2.26. The Kier molecular flexibility index (Phi) is 4.14. The molecule has 0 radical (unpaired) electrons. The summed E-state index contributed by atoms with van der Waals surface area (Å²) in [5.41, 5.74) is 6.57. The Balaban J connectivity index is 2.06. The summed E-state index contributed by atoms with van der Waals surface area (Å²) in [7, 11) is 1.94. The Morgan fingerprint density at radius 3 is 2.94 bits per heavy atom. The minimum Gasteiger partial charge on any atom is -0.338 e. The monoisotopic (exact) mass is 311 g/mol. The number of halogens is 2. The van der Waals surface area contributed by atoms with Gasteiger partial charge in [-0.05, 0) is 24.6 Å². The van der Waals surface area contributed by atoms with Crippen molar-refractivity contribution < 1.29 is 4.39 Å². The lowest BCUT2D eigenvalue weighted by Gasteiger charge is -2.13. The molecule has 96 valence electrons. The molecule has 0 saturated heterocycles. The molecule has 0 bridgehead atoms. The van der Waals surface area contributed by atoms with Crippen LogP contribution in [-0.2, 0) is 13.5 Å². The number of imidazole rings is 1. The molecule has 1 unspecified atom stereocenters. The molecule has 5 heteroatoms. The normalized spacial score (nSPS) is 12.7. The number of hydrogen-bond donors (Lipinski definition) is 1. The van der Waals surface area contributed by atoms with Gasteiger partial charge >= 0.3 is 0 Å². The molecule has 0 amide bonds. The van der Waals surface area contributed by atoms with Crippen LogP contribution >= 0.6 is 15.9 Å². The molecular weight excluding hydrogens is 297 g/mol. The number of benzene rings is 1. The third-order valence-electron chi connectivity index (χ3n) is 2.96. The summed E-state index contributed by atoms with van der Waals surface area (Å²) in [6.45, 7) is 0. The maximum absolute atomic E-state index is 13.6. The van der Waals surface area contributed by atoms with Gasteiger partial charge in [0.2, 0.25) is 0 Å². The molecule has 1 atom stereocenters. The van der Waals surface area contributed by atoms with Gasteiger partial charge in [-0.15, -0.1) is 0 Å². The maximum Gasteiger partial charge on any atom is 0.128 e. The molecule has 0 aliphatic rings. The highest BCUT2D eigenvalue weighted by Gasteiger charge is 2.13. The van der Waals surface area contributed by atoms with Gasteiger partial charge in [-0.25, -0.2) is 9.37 Å². The standard InChI is InChI=1S/C13H15BrFN3/c1-18-7-6-17-13(18)5-4-12(16)10-8-9(14)2-3-11(10)15/h2-3,6-8,12H,4-5,16H2,1H3. The van der Waals surface area contributed by atoms with Crippen molar-refractivity contribution >= 4 is 15.9 Å². The van der Waals surface area contributed by atoms with E-state index in [1.54, 1.807) is 18.3 Å². The van der Waals surface area contributed by atoms with Crippen LogP contribution in [0.3, 0.4) is 0 Å². The smallest absolute Gasteiger partial charge is 0.128 e. The predicted octanol–water partition coefficient (Wildman–Crippen LogP) is 2.95. The van der Waals surface area contributed by atoms with Gasteiger partial charge in [0.15, 0.2) is 0 Å². The van der Waals surface area contributed by atoms with Crippen LogP contribution in [0.25, 0.3) is 0 Å². The summed E-state index contributed by atoms with van der Waals surface area (Å²) >= 11 is 3.33. The minimum absolute atomic E-state index is 0.259.